The van der Waals surface area contributed by atoms with Crippen molar-refractivity contribution in [2.45, 2.75) is 84.0 Å². The predicted molar refractivity (Wildman–Crippen MR) is 96.1 cm³/mol. The first-order valence-electron chi connectivity index (χ1n) is 8.94. The summed E-state index contributed by atoms with van der Waals surface area (Å²) >= 11 is 0. The van der Waals surface area contributed by atoms with Crippen molar-refractivity contribution in [2.24, 2.45) is 0 Å². The number of hydrogen-bond donors (Lipinski definition) is 1. The molecule has 0 heterocycles. The van der Waals surface area contributed by atoms with Crippen molar-refractivity contribution >= 4 is 5.97 Å². The predicted octanol–water partition coefficient (Wildman–Crippen LogP) is 6.44. The topological polar surface area (TPSA) is 37.3 Å². The summed E-state index contributed by atoms with van der Waals surface area (Å²) in [6, 6.07) is 0. The lowest BCUT2D eigenvalue weighted by molar-refractivity contribution is -0.137. The normalized spacial score (nSPS) is 12.0. The number of carboxylic acids is 1. The largest absolute Gasteiger partial charge is 0.481 e. The van der Waals surface area contributed by atoms with E-state index in [0.29, 0.717) is 0 Å². The Hall–Kier alpha value is -1.31. The minimum absolute atomic E-state index is 0.280. The maximum atomic E-state index is 10.3. The average Bonchev–Trinajstić information content (AvgIpc) is 2.50. The van der Waals surface area contributed by atoms with Gasteiger partial charge >= 0.3 is 5.97 Å². The van der Waals surface area contributed by atoms with Crippen LogP contribution in [0.4, 0.5) is 0 Å². The van der Waals surface area contributed by atoms with Crippen LogP contribution in [0, 0.1) is 0 Å². The van der Waals surface area contributed by atoms with E-state index in [2.05, 4.69) is 43.4 Å². The maximum Gasteiger partial charge on any atom is 0.303 e. The molecule has 0 aliphatic rings. The fraction of sp³-hybridized carbons (Fsp3) is 0.650. The zero-order valence-corrected chi connectivity index (χ0v) is 14.3. The van der Waals surface area contributed by atoms with Crippen LogP contribution >= 0.6 is 0 Å². The van der Waals surface area contributed by atoms with Gasteiger partial charge in [0.1, 0.15) is 0 Å². The molecule has 0 saturated heterocycles. The van der Waals surface area contributed by atoms with Gasteiger partial charge in [-0.1, -0.05) is 56.2 Å². The fourth-order valence-electron chi connectivity index (χ4n) is 2.15. The summed E-state index contributed by atoms with van der Waals surface area (Å²) in [4.78, 5) is 10.3. The van der Waals surface area contributed by atoms with E-state index in [0.717, 1.165) is 32.1 Å². The molecule has 0 fully saturated rings. The molecule has 0 aliphatic carbocycles. The van der Waals surface area contributed by atoms with Crippen molar-refractivity contribution in [3.8, 4) is 0 Å². The Morgan fingerprint density at radius 2 is 1.18 bits per heavy atom. The van der Waals surface area contributed by atoms with Gasteiger partial charge in [-0.25, -0.2) is 0 Å². The second-order valence-electron chi connectivity index (χ2n) is 5.72. The van der Waals surface area contributed by atoms with E-state index in [4.69, 9.17) is 5.11 Å². The SMILES string of the molecule is CCCCC/C=C\C/C=C\CCCC/C=C/CCCC(=O)O. The summed E-state index contributed by atoms with van der Waals surface area (Å²) in [7, 11) is 0. The first kappa shape index (κ1) is 20.7. The van der Waals surface area contributed by atoms with Crippen molar-refractivity contribution in [1.29, 1.82) is 0 Å². The van der Waals surface area contributed by atoms with Crippen LogP contribution in [0.15, 0.2) is 36.5 Å². The Balaban J connectivity index is 3.26. The molecule has 126 valence electrons. The van der Waals surface area contributed by atoms with Crippen LogP contribution in [-0.4, -0.2) is 11.1 Å². The lowest BCUT2D eigenvalue weighted by Crippen LogP contribution is -1.92. The van der Waals surface area contributed by atoms with Crippen molar-refractivity contribution in [1.82, 2.24) is 0 Å². The van der Waals surface area contributed by atoms with Gasteiger partial charge in [0.15, 0.2) is 0 Å². The summed E-state index contributed by atoms with van der Waals surface area (Å²) in [5.74, 6) is -0.698. The highest BCUT2D eigenvalue weighted by Crippen LogP contribution is 2.05. The van der Waals surface area contributed by atoms with Gasteiger partial charge in [0, 0.05) is 6.42 Å². The molecule has 0 aromatic carbocycles. The molecule has 0 spiro atoms. The van der Waals surface area contributed by atoms with Crippen molar-refractivity contribution in [3.05, 3.63) is 36.5 Å². The summed E-state index contributed by atoms with van der Waals surface area (Å²) in [6.45, 7) is 2.24. The van der Waals surface area contributed by atoms with Gasteiger partial charge in [0.05, 0.1) is 0 Å². The minimum Gasteiger partial charge on any atom is -0.481 e. The Labute approximate surface area is 137 Å². The van der Waals surface area contributed by atoms with Crippen molar-refractivity contribution in [2.75, 3.05) is 0 Å². The highest BCUT2D eigenvalue weighted by molar-refractivity contribution is 5.66. The van der Waals surface area contributed by atoms with Gasteiger partial charge < -0.3 is 5.11 Å². The Morgan fingerprint density at radius 3 is 1.68 bits per heavy atom. The number of hydrogen-bond acceptors (Lipinski definition) is 1. The molecule has 0 rings (SSSR count). The molecule has 1 N–H and O–H groups in total. The average molecular weight is 306 g/mol. The molecule has 0 saturated carbocycles. The second kappa shape index (κ2) is 17.7. The van der Waals surface area contributed by atoms with E-state index in [1.165, 1.54) is 38.5 Å². The quantitative estimate of drug-likeness (QED) is 0.279. The van der Waals surface area contributed by atoms with Crippen LogP contribution in [0.3, 0.4) is 0 Å². The molecule has 2 heteroatoms. The van der Waals surface area contributed by atoms with Crippen molar-refractivity contribution in [3.63, 3.8) is 0 Å². The monoisotopic (exact) mass is 306 g/mol. The number of rotatable bonds is 15. The van der Waals surface area contributed by atoms with E-state index in [-0.39, 0.29) is 6.42 Å². The number of carboxylic acid groups (broad SMARTS) is 1. The minimum atomic E-state index is -0.698. The van der Waals surface area contributed by atoms with E-state index in [1.54, 1.807) is 0 Å². The number of carbonyl (C=O) groups is 1. The third-order valence-corrected chi connectivity index (χ3v) is 3.50. The van der Waals surface area contributed by atoms with E-state index in [9.17, 15) is 4.79 Å². The van der Waals surface area contributed by atoms with Crippen LogP contribution in [0.5, 0.6) is 0 Å². The molecule has 0 amide bonds. The van der Waals surface area contributed by atoms with Crippen molar-refractivity contribution < 1.29 is 9.90 Å². The molecule has 0 unspecified atom stereocenters. The van der Waals surface area contributed by atoms with Gasteiger partial charge in [0.25, 0.3) is 0 Å². The van der Waals surface area contributed by atoms with E-state index >= 15 is 0 Å². The lowest BCUT2D eigenvalue weighted by Gasteiger charge is -1.94. The third kappa shape index (κ3) is 18.7. The van der Waals surface area contributed by atoms with Gasteiger partial charge in [-0.2, -0.15) is 0 Å². The highest BCUT2D eigenvalue weighted by Gasteiger charge is 1.93. The zero-order chi connectivity index (χ0) is 16.3. The third-order valence-electron chi connectivity index (χ3n) is 3.50. The first-order chi connectivity index (χ1) is 10.8. The van der Waals surface area contributed by atoms with Crippen LogP contribution in [0.1, 0.15) is 84.0 Å². The smallest absolute Gasteiger partial charge is 0.303 e. The fourth-order valence-corrected chi connectivity index (χ4v) is 2.15. The highest BCUT2D eigenvalue weighted by atomic mass is 16.4. The van der Waals surface area contributed by atoms with Gasteiger partial charge in [-0.3, -0.25) is 4.79 Å². The number of allylic oxidation sites excluding steroid dienone is 6. The lowest BCUT2D eigenvalue weighted by atomic mass is 10.1. The Bertz CT molecular complexity index is 327. The van der Waals surface area contributed by atoms with Gasteiger partial charge in [-0.05, 0) is 57.8 Å². The molecular formula is C20H34O2. The molecule has 0 aliphatic heterocycles. The van der Waals surface area contributed by atoms with Crippen LogP contribution in [0.25, 0.3) is 0 Å². The molecule has 22 heavy (non-hydrogen) atoms. The first-order valence-corrected chi connectivity index (χ1v) is 8.94. The van der Waals surface area contributed by atoms with E-state index in [1.807, 2.05) is 0 Å². The summed E-state index contributed by atoms with van der Waals surface area (Å²) in [5.41, 5.74) is 0. The molecule has 0 aromatic heterocycles. The second-order valence-corrected chi connectivity index (χ2v) is 5.72. The Morgan fingerprint density at radius 1 is 0.727 bits per heavy atom. The molecule has 0 radical (unpaired) electrons. The maximum absolute atomic E-state index is 10.3. The molecule has 0 bridgehead atoms. The molecule has 0 atom stereocenters. The standard InChI is InChI=1S/C20H34O2/c1-2-3-4-5-6-7-8-9-10-11-12-13-14-15-16-17-18-19-20(21)22/h6-7,9-10,15-16H,2-5,8,11-14,17-19H2,1H3,(H,21,22)/b7-6-,10-9-,16-15+. The van der Waals surface area contributed by atoms with Gasteiger partial charge in [0.2, 0.25) is 0 Å². The van der Waals surface area contributed by atoms with Crippen LogP contribution < -0.4 is 0 Å². The molecule has 0 aromatic rings. The summed E-state index contributed by atoms with van der Waals surface area (Å²) in [6.07, 6.45) is 26.3. The molecular weight excluding hydrogens is 272 g/mol. The Kier molecular flexibility index (Phi) is 16.7. The molecule has 2 nitrogen and oxygen atoms in total. The summed E-state index contributed by atoms with van der Waals surface area (Å²) < 4.78 is 0. The van der Waals surface area contributed by atoms with Crippen LogP contribution in [0.2, 0.25) is 0 Å². The van der Waals surface area contributed by atoms with E-state index < -0.39 is 5.97 Å². The van der Waals surface area contributed by atoms with Gasteiger partial charge in [-0.15, -0.1) is 0 Å². The number of aliphatic carboxylic acids is 1. The number of unbranched alkanes of at least 4 members (excludes halogenated alkanes) is 7. The summed E-state index contributed by atoms with van der Waals surface area (Å²) in [5, 5.41) is 8.50. The van der Waals surface area contributed by atoms with Crippen LogP contribution in [-0.2, 0) is 4.79 Å². The zero-order valence-electron chi connectivity index (χ0n) is 14.3.